The Morgan fingerprint density at radius 2 is 1.95 bits per heavy atom. The number of aromatic nitrogens is 2. The van der Waals surface area contributed by atoms with Crippen molar-refractivity contribution in [1.82, 2.24) is 9.13 Å². The van der Waals surface area contributed by atoms with E-state index in [2.05, 4.69) is 11.8 Å². The topological polar surface area (TPSA) is 109 Å². The van der Waals surface area contributed by atoms with Crippen molar-refractivity contribution in [3.8, 4) is 17.6 Å². The third-order valence-electron chi connectivity index (χ3n) is 7.67. The summed E-state index contributed by atoms with van der Waals surface area (Å²) in [6, 6.07) is 7.11. The zero-order valence-electron chi connectivity index (χ0n) is 22.3. The van der Waals surface area contributed by atoms with Gasteiger partial charge in [0.15, 0.2) is 0 Å². The highest BCUT2D eigenvalue weighted by molar-refractivity contribution is 7.19. The molecule has 0 spiro atoms. The van der Waals surface area contributed by atoms with Crippen molar-refractivity contribution < 1.29 is 24.1 Å². The number of nitrogens with zero attached hydrogens (tertiary/aromatic N) is 2. The second kappa shape index (κ2) is 11.4. The first-order valence-electron chi connectivity index (χ1n) is 13.1. The lowest BCUT2D eigenvalue weighted by molar-refractivity contribution is -0.146. The number of carboxylic acids is 1. The van der Waals surface area contributed by atoms with E-state index in [1.54, 1.807) is 18.6 Å². The summed E-state index contributed by atoms with van der Waals surface area (Å²) in [5.74, 6) is 5.15. The lowest BCUT2D eigenvalue weighted by Crippen LogP contribution is -2.47. The third kappa shape index (κ3) is 5.14. The fourth-order valence-corrected chi connectivity index (χ4v) is 6.64. The van der Waals surface area contributed by atoms with Crippen molar-refractivity contribution in [3.05, 3.63) is 61.1 Å². The molecule has 1 aliphatic carbocycles. The molecule has 206 valence electrons. The van der Waals surface area contributed by atoms with Gasteiger partial charge >= 0.3 is 11.7 Å². The van der Waals surface area contributed by atoms with E-state index < -0.39 is 35.3 Å². The lowest BCUT2D eigenvalue weighted by atomic mass is 9.80. The summed E-state index contributed by atoms with van der Waals surface area (Å²) in [4.78, 5) is 40.5. The van der Waals surface area contributed by atoms with Crippen LogP contribution in [0.15, 0.2) is 33.9 Å². The lowest BCUT2D eigenvalue weighted by Gasteiger charge is -2.34. The first-order valence-corrected chi connectivity index (χ1v) is 14.0. The molecule has 2 fully saturated rings. The van der Waals surface area contributed by atoms with E-state index in [4.69, 9.17) is 14.2 Å². The van der Waals surface area contributed by atoms with Crippen LogP contribution in [0.25, 0.3) is 10.2 Å². The molecule has 1 aliphatic heterocycles. The first kappa shape index (κ1) is 27.2. The molecule has 1 saturated carbocycles. The summed E-state index contributed by atoms with van der Waals surface area (Å²) in [5, 5.41) is 9.84. The van der Waals surface area contributed by atoms with Gasteiger partial charge in [-0.15, -0.1) is 17.3 Å². The average molecular weight is 553 g/mol. The molecule has 3 heterocycles. The van der Waals surface area contributed by atoms with Crippen molar-refractivity contribution in [2.24, 2.45) is 5.92 Å². The molecule has 2 aromatic heterocycles. The molecule has 0 unspecified atom stereocenters. The molecule has 0 radical (unpaired) electrons. The average Bonchev–Trinajstić information content (AvgIpc) is 3.23. The SMILES string of the molecule is CC#Cc1sc2c(c1C)c(=O)n(C1CC(C(=O)O)C1)c(=O)n2C[C@H](OC1CCOCC1)c1ccccc1OC. The number of carbonyl (C=O) groups is 1. The highest BCUT2D eigenvalue weighted by Crippen LogP contribution is 2.38. The standard InChI is InChI=1S/C29H32N2O7S/c1-4-7-24-17(2)25-26(32)31(19-14-18(15-19)28(33)34)29(35)30(27(25)39-24)16-23(38-20-10-12-37-13-11-20)21-8-5-6-9-22(21)36-3/h5-6,8-9,18-20,23H,10-16H2,1-3H3,(H,33,34)/t18?,19?,23-/m0/s1. The number of para-hydroxylation sites is 1. The Bertz CT molecular complexity index is 1560. The van der Waals surface area contributed by atoms with E-state index in [0.29, 0.717) is 29.2 Å². The second-order valence-corrected chi connectivity index (χ2v) is 11.0. The minimum atomic E-state index is -0.908. The van der Waals surface area contributed by atoms with Gasteiger partial charge in [0.1, 0.15) is 16.7 Å². The van der Waals surface area contributed by atoms with E-state index in [0.717, 1.165) is 28.8 Å². The van der Waals surface area contributed by atoms with Crippen molar-refractivity contribution in [1.29, 1.82) is 0 Å². The Hall–Kier alpha value is -3.39. The minimum absolute atomic E-state index is 0.0553. The van der Waals surface area contributed by atoms with Crippen molar-refractivity contribution in [2.45, 2.75) is 64.3 Å². The number of hydrogen-bond acceptors (Lipinski definition) is 7. The summed E-state index contributed by atoms with van der Waals surface area (Å²) < 4.78 is 20.6. The molecule has 0 bridgehead atoms. The second-order valence-electron chi connectivity index (χ2n) is 10.0. The molecule has 3 aromatic rings. The molecule has 1 atom stereocenters. The van der Waals surface area contributed by atoms with Crippen molar-refractivity contribution in [3.63, 3.8) is 0 Å². The number of benzene rings is 1. The number of hydrogen-bond donors (Lipinski definition) is 1. The molecule has 9 nitrogen and oxygen atoms in total. The predicted octanol–water partition coefficient (Wildman–Crippen LogP) is 3.89. The molecule has 10 heteroatoms. The van der Waals surface area contributed by atoms with Gasteiger partial charge in [0.05, 0.1) is 35.9 Å². The number of rotatable bonds is 8. The molecule has 1 N–H and O–H groups in total. The van der Waals surface area contributed by atoms with Crippen LogP contribution in [0.2, 0.25) is 0 Å². The maximum absolute atomic E-state index is 14.0. The monoisotopic (exact) mass is 552 g/mol. The number of carboxylic acid groups (broad SMARTS) is 1. The molecule has 1 saturated heterocycles. The maximum atomic E-state index is 14.0. The van der Waals surface area contributed by atoms with E-state index in [1.807, 2.05) is 31.2 Å². The summed E-state index contributed by atoms with van der Waals surface area (Å²) in [7, 11) is 1.60. The van der Waals surface area contributed by atoms with E-state index in [1.165, 1.54) is 15.9 Å². The van der Waals surface area contributed by atoms with Gasteiger partial charge in [-0.3, -0.25) is 18.7 Å². The number of ether oxygens (including phenoxy) is 3. The third-order valence-corrected chi connectivity index (χ3v) is 8.90. The van der Waals surface area contributed by atoms with Crippen LogP contribution in [0.4, 0.5) is 0 Å². The molecular formula is C29H32N2O7S. The minimum Gasteiger partial charge on any atom is -0.496 e. The van der Waals surface area contributed by atoms with Gasteiger partial charge in [-0.25, -0.2) is 4.79 Å². The smallest absolute Gasteiger partial charge is 0.332 e. The molecule has 0 amide bonds. The number of fused-ring (bicyclic) bond motifs is 1. The highest BCUT2D eigenvalue weighted by atomic mass is 32.1. The largest absolute Gasteiger partial charge is 0.496 e. The quantitative estimate of drug-likeness (QED) is 0.423. The van der Waals surface area contributed by atoms with Gasteiger partial charge < -0.3 is 19.3 Å². The zero-order valence-corrected chi connectivity index (χ0v) is 23.1. The Labute approximate surface area is 229 Å². The van der Waals surface area contributed by atoms with Crippen LogP contribution in [0.1, 0.15) is 60.8 Å². The molecular weight excluding hydrogens is 520 g/mol. The molecule has 5 rings (SSSR count). The number of aliphatic carboxylic acids is 1. The highest BCUT2D eigenvalue weighted by Gasteiger charge is 2.38. The number of aryl methyl sites for hydroxylation is 1. The summed E-state index contributed by atoms with van der Waals surface area (Å²) in [6.45, 7) is 4.94. The summed E-state index contributed by atoms with van der Waals surface area (Å²) >= 11 is 1.32. The number of thiophene rings is 1. The fourth-order valence-electron chi connectivity index (χ4n) is 5.44. The van der Waals surface area contributed by atoms with Crippen LogP contribution < -0.4 is 16.0 Å². The van der Waals surface area contributed by atoms with Crippen LogP contribution in [0, 0.1) is 24.7 Å². The Morgan fingerprint density at radius 1 is 1.23 bits per heavy atom. The zero-order chi connectivity index (χ0) is 27.7. The van der Waals surface area contributed by atoms with Gasteiger partial charge in [-0.1, -0.05) is 24.1 Å². The summed E-state index contributed by atoms with van der Waals surface area (Å²) in [6.07, 6.45) is 1.38. The van der Waals surface area contributed by atoms with Crippen molar-refractivity contribution in [2.75, 3.05) is 20.3 Å². The predicted molar refractivity (Wildman–Crippen MR) is 148 cm³/mol. The van der Waals surface area contributed by atoms with Gasteiger partial charge in [-0.2, -0.15) is 0 Å². The van der Waals surface area contributed by atoms with E-state index in [9.17, 15) is 19.5 Å². The maximum Gasteiger partial charge on any atom is 0.332 e. The van der Waals surface area contributed by atoms with Crippen LogP contribution >= 0.6 is 11.3 Å². The van der Waals surface area contributed by atoms with Gasteiger partial charge in [0, 0.05) is 24.8 Å². The van der Waals surface area contributed by atoms with Crippen LogP contribution in [-0.4, -0.2) is 46.6 Å². The Morgan fingerprint density at radius 3 is 2.62 bits per heavy atom. The van der Waals surface area contributed by atoms with E-state index >= 15 is 0 Å². The Kier molecular flexibility index (Phi) is 7.93. The summed E-state index contributed by atoms with van der Waals surface area (Å²) in [5.41, 5.74) is 0.678. The van der Waals surface area contributed by atoms with E-state index in [-0.39, 0.29) is 25.5 Å². The van der Waals surface area contributed by atoms with Crippen molar-refractivity contribution >= 4 is 27.5 Å². The molecule has 39 heavy (non-hydrogen) atoms. The van der Waals surface area contributed by atoms with Crippen LogP contribution in [0.3, 0.4) is 0 Å². The van der Waals surface area contributed by atoms with Crippen LogP contribution in [0.5, 0.6) is 5.75 Å². The van der Waals surface area contributed by atoms with Gasteiger partial charge in [-0.05, 0) is 51.2 Å². The van der Waals surface area contributed by atoms with Crippen LogP contribution in [-0.2, 0) is 20.8 Å². The fraction of sp³-hybridized carbons (Fsp3) is 0.483. The Balaban J connectivity index is 1.66. The first-order chi connectivity index (χ1) is 18.8. The van der Waals surface area contributed by atoms with Gasteiger partial charge in [0.2, 0.25) is 0 Å². The van der Waals surface area contributed by atoms with Gasteiger partial charge in [0.25, 0.3) is 5.56 Å². The molecule has 1 aromatic carbocycles. The normalized spacial score (nSPS) is 20.2. The molecule has 2 aliphatic rings. The number of methoxy groups -OCH3 is 1.